The Hall–Kier alpha value is -2.78. The van der Waals surface area contributed by atoms with Crippen molar-refractivity contribution < 1.29 is 19.9 Å². The highest BCUT2D eigenvalue weighted by molar-refractivity contribution is 5.97. The third kappa shape index (κ3) is 6.36. The number of benzene rings is 2. The molecule has 0 fully saturated rings. The summed E-state index contributed by atoms with van der Waals surface area (Å²) in [5.74, 6) is -0.871. The van der Waals surface area contributed by atoms with Crippen LogP contribution in [0.1, 0.15) is 29.8 Å². The topological polar surface area (TPSA) is 137 Å². The molecule has 8 heteroatoms. The summed E-state index contributed by atoms with van der Waals surface area (Å²) in [4.78, 5) is 23.7. The molecule has 0 bridgehead atoms. The average molecular weight is 415 g/mol. The first-order valence-electron chi connectivity index (χ1n) is 9.88. The molecule has 2 aromatic rings. The Morgan fingerprint density at radius 2 is 1.57 bits per heavy atom. The lowest BCUT2D eigenvalue weighted by Crippen LogP contribution is -2.50. The molecule has 2 rings (SSSR count). The number of carbonyl (C=O) groups is 2. The van der Waals surface area contributed by atoms with Crippen LogP contribution in [0.5, 0.6) is 0 Å². The number of aliphatic hydroxyl groups excluding tert-OH is 1. The minimum atomic E-state index is -1.01. The van der Waals surface area contributed by atoms with Crippen LogP contribution in [0.15, 0.2) is 48.5 Å². The van der Waals surface area contributed by atoms with Crippen LogP contribution in [-0.4, -0.2) is 47.4 Å². The monoisotopic (exact) mass is 414 g/mol. The van der Waals surface area contributed by atoms with Crippen molar-refractivity contribution in [3.8, 4) is 11.1 Å². The largest absolute Gasteiger partial charge is 0.395 e. The van der Waals surface area contributed by atoms with Crippen LogP contribution in [0.25, 0.3) is 11.1 Å². The van der Waals surface area contributed by atoms with Crippen LogP contribution in [-0.2, 0) is 11.3 Å². The molecule has 7 N–H and O–H groups in total. The molecule has 0 aromatic heterocycles. The number of carbonyl (C=O) groups excluding carboxylic acids is 2. The van der Waals surface area contributed by atoms with E-state index in [-0.39, 0.29) is 19.2 Å². The van der Waals surface area contributed by atoms with E-state index in [1.54, 1.807) is 12.1 Å². The average Bonchev–Trinajstić information content (AvgIpc) is 2.77. The molecule has 0 aliphatic heterocycles. The van der Waals surface area contributed by atoms with E-state index in [1.807, 2.05) is 36.4 Å². The second kappa shape index (κ2) is 11.4. The number of hydrogen-bond donors (Lipinski definition) is 6. The molecule has 1 unspecified atom stereocenters. The van der Waals surface area contributed by atoms with Crippen molar-refractivity contribution in [2.45, 2.75) is 32.5 Å². The fourth-order valence-electron chi connectivity index (χ4n) is 2.94. The van der Waals surface area contributed by atoms with E-state index in [2.05, 4.69) is 24.5 Å². The first kappa shape index (κ1) is 23.5. The molecule has 2 amide bonds. The molecule has 162 valence electrons. The molecule has 2 aromatic carbocycles. The molecule has 30 heavy (non-hydrogen) atoms. The molecule has 8 nitrogen and oxygen atoms in total. The fraction of sp³-hybridized carbons (Fsp3) is 0.364. The Kier molecular flexibility index (Phi) is 8.94. The van der Waals surface area contributed by atoms with Gasteiger partial charge in [0.25, 0.3) is 11.8 Å². The Balaban J connectivity index is 2.00. The van der Waals surface area contributed by atoms with Gasteiger partial charge >= 0.3 is 0 Å². The molecule has 0 saturated carbocycles. The molecule has 0 heterocycles. The molecule has 0 spiro atoms. The number of hydroxylamine groups is 1. The first-order valence-corrected chi connectivity index (χ1v) is 9.88. The third-order valence-electron chi connectivity index (χ3n) is 4.97. The molecule has 0 aliphatic rings. The number of hydrogen-bond acceptors (Lipinski definition) is 6. The van der Waals surface area contributed by atoms with Crippen molar-refractivity contribution in [2.24, 2.45) is 11.7 Å². The molecular weight excluding hydrogens is 384 g/mol. The minimum Gasteiger partial charge on any atom is -0.395 e. The zero-order valence-electron chi connectivity index (χ0n) is 17.3. The predicted octanol–water partition coefficient (Wildman–Crippen LogP) is 1.02. The van der Waals surface area contributed by atoms with E-state index >= 15 is 0 Å². The van der Waals surface area contributed by atoms with E-state index in [9.17, 15) is 14.7 Å². The Morgan fingerprint density at radius 1 is 1.00 bits per heavy atom. The summed E-state index contributed by atoms with van der Waals surface area (Å²) >= 11 is 0. The van der Waals surface area contributed by atoms with Crippen LogP contribution < -0.4 is 21.8 Å². The van der Waals surface area contributed by atoms with E-state index in [0.717, 1.165) is 16.7 Å². The van der Waals surface area contributed by atoms with Crippen molar-refractivity contribution in [1.29, 1.82) is 0 Å². The van der Waals surface area contributed by atoms with Crippen LogP contribution in [0, 0.1) is 5.92 Å². The van der Waals surface area contributed by atoms with Crippen LogP contribution in [0.3, 0.4) is 0 Å². The zero-order chi connectivity index (χ0) is 22.1. The Morgan fingerprint density at radius 3 is 2.03 bits per heavy atom. The van der Waals surface area contributed by atoms with Gasteiger partial charge < -0.3 is 21.5 Å². The third-order valence-corrected chi connectivity index (χ3v) is 4.97. The highest BCUT2D eigenvalue weighted by Gasteiger charge is 2.19. The number of nitrogens with two attached hydrogens (primary N) is 1. The summed E-state index contributed by atoms with van der Waals surface area (Å²) < 4.78 is 0. The number of aliphatic hydroxyl groups is 1. The predicted molar refractivity (Wildman–Crippen MR) is 115 cm³/mol. The minimum absolute atomic E-state index is 0.0608. The quantitative estimate of drug-likeness (QED) is 0.254. The summed E-state index contributed by atoms with van der Waals surface area (Å²) in [5.41, 5.74) is 10.4. The van der Waals surface area contributed by atoms with Crippen molar-refractivity contribution >= 4 is 11.8 Å². The van der Waals surface area contributed by atoms with Gasteiger partial charge in [0.2, 0.25) is 0 Å². The van der Waals surface area contributed by atoms with Gasteiger partial charge in [0.05, 0.1) is 6.61 Å². The van der Waals surface area contributed by atoms with Crippen molar-refractivity contribution in [1.82, 2.24) is 16.1 Å². The van der Waals surface area contributed by atoms with Gasteiger partial charge in [-0.3, -0.25) is 14.8 Å². The SMILES string of the molecule is CC(C)C(CO)NCc1ccc(-c2ccc(C(=O)N[C@@H](CN)C(=O)NO)cc2)cc1. The van der Waals surface area contributed by atoms with Crippen LogP contribution >= 0.6 is 0 Å². The molecule has 0 aliphatic carbocycles. The standard InChI is InChI=1S/C22H30N4O4/c1-14(2)20(13-27)24-12-15-3-5-16(6-4-15)17-7-9-18(10-8-17)21(28)25-19(11-23)22(29)26-30/h3-10,14,19-20,24,27,30H,11-13,23H2,1-2H3,(H,25,28)(H,26,29)/t19-,20?/m0/s1. The van der Waals surface area contributed by atoms with Crippen LogP contribution in [0.4, 0.5) is 0 Å². The summed E-state index contributed by atoms with van der Waals surface area (Å²) in [5, 5.41) is 23.9. The maximum Gasteiger partial charge on any atom is 0.267 e. The number of nitrogens with one attached hydrogen (secondary N) is 3. The van der Waals surface area contributed by atoms with Gasteiger partial charge in [-0.15, -0.1) is 0 Å². The second-order valence-electron chi connectivity index (χ2n) is 7.43. The molecular formula is C22H30N4O4. The van der Waals surface area contributed by atoms with Gasteiger partial charge in [-0.05, 0) is 34.7 Å². The lowest BCUT2D eigenvalue weighted by molar-refractivity contribution is -0.130. The van der Waals surface area contributed by atoms with Gasteiger partial charge in [0.15, 0.2) is 0 Å². The number of amides is 2. The van der Waals surface area contributed by atoms with Crippen molar-refractivity contribution in [2.75, 3.05) is 13.2 Å². The van der Waals surface area contributed by atoms with E-state index < -0.39 is 17.9 Å². The highest BCUT2D eigenvalue weighted by Crippen LogP contribution is 2.20. The fourth-order valence-corrected chi connectivity index (χ4v) is 2.94. The summed E-state index contributed by atoms with van der Waals surface area (Å²) in [7, 11) is 0. The zero-order valence-corrected chi connectivity index (χ0v) is 17.3. The maximum absolute atomic E-state index is 12.3. The van der Waals surface area contributed by atoms with Gasteiger partial charge in [-0.2, -0.15) is 0 Å². The van der Waals surface area contributed by atoms with Crippen LogP contribution in [0.2, 0.25) is 0 Å². The Bertz CT molecular complexity index is 822. The lowest BCUT2D eigenvalue weighted by Gasteiger charge is -2.20. The van der Waals surface area contributed by atoms with Gasteiger partial charge in [0.1, 0.15) is 6.04 Å². The normalized spacial score (nSPS) is 13.0. The van der Waals surface area contributed by atoms with E-state index in [0.29, 0.717) is 18.0 Å². The summed E-state index contributed by atoms with van der Waals surface area (Å²) in [6, 6.07) is 14.1. The van der Waals surface area contributed by atoms with Crippen molar-refractivity contribution in [3.63, 3.8) is 0 Å². The lowest BCUT2D eigenvalue weighted by atomic mass is 10.0. The van der Waals surface area contributed by atoms with Crippen molar-refractivity contribution in [3.05, 3.63) is 59.7 Å². The molecule has 0 saturated heterocycles. The first-order chi connectivity index (χ1) is 14.4. The molecule has 2 atom stereocenters. The second-order valence-corrected chi connectivity index (χ2v) is 7.43. The van der Waals surface area contributed by atoms with Gasteiger partial charge in [-0.1, -0.05) is 50.2 Å². The van der Waals surface area contributed by atoms with Gasteiger partial charge in [-0.25, -0.2) is 5.48 Å². The van der Waals surface area contributed by atoms with E-state index in [4.69, 9.17) is 10.9 Å². The Labute approximate surface area is 176 Å². The summed E-state index contributed by atoms with van der Waals surface area (Å²) in [6.07, 6.45) is 0. The molecule has 0 radical (unpaired) electrons. The summed E-state index contributed by atoms with van der Waals surface area (Å²) in [6.45, 7) is 4.78. The number of rotatable bonds is 10. The maximum atomic E-state index is 12.3. The highest BCUT2D eigenvalue weighted by atomic mass is 16.5. The van der Waals surface area contributed by atoms with Gasteiger partial charge in [0, 0.05) is 24.7 Å². The van der Waals surface area contributed by atoms with E-state index in [1.165, 1.54) is 5.48 Å². The smallest absolute Gasteiger partial charge is 0.267 e.